The number of amides is 1. The monoisotopic (exact) mass is 388 g/mol. The van der Waals surface area contributed by atoms with Crippen LogP contribution in [0.3, 0.4) is 0 Å². The SMILES string of the molecule is CN(C(=O)OC(C)(C)C)c1ccc(/C=C/c2cccc(Br)n2)cc1. The van der Waals surface area contributed by atoms with E-state index in [1.165, 1.54) is 4.90 Å². The molecule has 1 aromatic heterocycles. The van der Waals surface area contributed by atoms with E-state index in [9.17, 15) is 4.79 Å². The van der Waals surface area contributed by atoms with Gasteiger partial charge in [-0.25, -0.2) is 9.78 Å². The summed E-state index contributed by atoms with van der Waals surface area (Å²) in [7, 11) is 1.70. The number of nitrogens with zero attached hydrogens (tertiary/aromatic N) is 2. The van der Waals surface area contributed by atoms with Gasteiger partial charge in [-0.15, -0.1) is 0 Å². The molecule has 126 valence electrons. The lowest BCUT2D eigenvalue weighted by Gasteiger charge is -2.24. The third kappa shape index (κ3) is 5.49. The van der Waals surface area contributed by atoms with Crippen molar-refractivity contribution in [1.82, 2.24) is 4.98 Å². The molecule has 5 heteroatoms. The number of benzene rings is 1. The average molecular weight is 389 g/mol. The van der Waals surface area contributed by atoms with Gasteiger partial charge in [-0.1, -0.05) is 24.3 Å². The standard InChI is InChI=1S/C19H21BrN2O2/c1-19(2,3)24-18(23)22(4)16-12-9-14(10-13-16)8-11-15-6-5-7-17(20)21-15/h5-13H,1-4H3/b11-8+. The molecule has 1 aromatic carbocycles. The molecular formula is C19H21BrN2O2. The molecule has 0 aliphatic heterocycles. The first-order valence-corrected chi connectivity index (χ1v) is 8.41. The molecule has 0 fully saturated rings. The molecule has 0 spiro atoms. The summed E-state index contributed by atoms with van der Waals surface area (Å²) < 4.78 is 6.17. The van der Waals surface area contributed by atoms with Gasteiger partial charge in [0.25, 0.3) is 0 Å². The lowest BCUT2D eigenvalue weighted by Crippen LogP contribution is -2.34. The van der Waals surface area contributed by atoms with Crippen molar-refractivity contribution in [3.63, 3.8) is 0 Å². The van der Waals surface area contributed by atoms with E-state index in [1.54, 1.807) is 7.05 Å². The van der Waals surface area contributed by atoms with Gasteiger partial charge in [0.2, 0.25) is 0 Å². The van der Waals surface area contributed by atoms with Gasteiger partial charge >= 0.3 is 6.09 Å². The van der Waals surface area contributed by atoms with Crippen LogP contribution in [-0.2, 0) is 4.74 Å². The molecule has 0 radical (unpaired) electrons. The van der Waals surface area contributed by atoms with Gasteiger partial charge in [-0.2, -0.15) is 0 Å². The van der Waals surface area contributed by atoms with E-state index < -0.39 is 5.60 Å². The molecule has 0 saturated carbocycles. The number of aromatic nitrogens is 1. The summed E-state index contributed by atoms with van der Waals surface area (Å²) >= 11 is 3.35. The van der Waals surface area contributed by atoms with Crippen LogP contribution in [0.15, 0.2) is 47.1 Å². The summed E-state index contributed by atoms with van der Waals surface area (Å²) in [6.07, 6.45) is 3.55. The molecule has 0 saturated heterocycles. The van der Waals surface area contributed by atoms with Crippen LogP contribution in [-0.4, -0.2) is 23.7 Å². The van der Waals surface area contributed by atoms with E-state index in [-0.39, 0.29) is 6.09 Å². The number of hydrogen-bond donors (Lipinski definition) is 0. The van der Waals surface area contributed by atoms with Crippen LogP contribution in [0, 0.1) is 0 Å². The van der Waals surface area contributed by atoms with Crippen LogP contribution in [0.4, 0.5) is 10.5 Å². The molecule has 1 heterocycles. The van der Waals surface area contributed by atoms with Gasteiger partial charge in [0.05, 0.1) is 5.69 Å². The first kappa shape index (κ1) is 18.2. The molecule has 0 atom stereocenters. The number of halogens is 1. The molecule has 2 rings (SSSR count). The van der Waals surface area contributed by atoms with Crippen molar-refractivity contribution < 1.29 is 9.53 Å². The van der Waals surface area contributed by atoms with E-state index >= 15 is 0 Å². The Kier molecular flexibility index (Phi) is 5.78. The Balaban J connectivity index is 2.06. The fraction of sp³-hybridized carbons (Fsp3) is 0.263. The highest BCUT2D eigenvalue weighted by atomic mass is 79.9. The number of rotatable bonds is 3. The molecule has 2 aromatic rings. The predicted octanol–water partition coefficient (Wildman–Crippen LogP) is 5.39. The minimum Gasteiger partial charge on any atom is -0.443 e. The average Bonchev–Trinajstić information content (AvgIpc) is 2.51. The largest absolute Gasteiger partial charge is 0.443 e. The third-order valence-electron chi connectivity index (χ3n) is 3.13. The van der Waals surface area contributed by atoms with E-state index in [1.807, 2.05) is 75.4 Å². The zero-order valence-electron chi connectivity index (χ0n) is 14.3. The van der Waals surface area contributed by atoms with E-state index in [0.717, 1.165) is 21.5 Å². The van der Waals surface area contributed by atoms with Gasteiger partial charge in [-0.05, 0) is 72.6 Å². The summed E-state index contributed by atoms with van der Waals surface area (Å²) in [5.41, 5.74) is 2.17. The molecular weight excluding hydrogens is 368 g/mol. The van der Waals surface area contributed by atoms with Crippen molar-refractivity contribution >= 4 is 39.9 Å². The summed E-state index contributed by atoms with van der Waals surface area (Å²) in [5.74, 6) is 0. The maximum absolute atomic E-state index is 12.1. The first-order chi connectivity index (χ1) is 11.2. The lowest BCUT2D eigenvalue weighted by molar-refractivity contribution is 0.0589. The zero-order valence-corrected chi connectivity index (χ0v) is 15.9. The minimum absolute atomic E-state index is 0.371. The smallest absolute Gasteiger partial charge is 0.414 e. The highest BCUT2D eigenvalue weighted by Gasteiger charge is 2.20. The highest BCUT2D eigenvalue weighted by Crippen LogP contribution is 2.18. The van der Waals surface area contributed by atoms with Crippen LogP contribution in [0.1, 0.15) is 32.0 Å². The summed E-state index contributed by atoms with van der Waals surface area (Å²) in [6.45, 7) is 5.55. The predicted molar refractivity (Wildman–Crippen MR) is 102 cm³/mol. The fourth-order valence-corrected chi connectivity index (χ4v) is 2.30. The topological polar surface area (TPSA) is 42.4 Å². The maximum atomic E-state index is 12.1. The molecule has 4 nitrogen and oxygen atoms in total. The first-order valence-electron chi connectivity index (χ1n) is 7.62. The van der Waals surface area contributed by atoms with Crippen LogP contribution < -0.4 is 4.90 Å². The number of pyridine rings is 1. The van der Waals surface area contributed by atoms with Crippen molar-refractivity contribution in [3.05, 3.63) is 58.3 Å². The molecule has 0 aliphatic carbocycles. The number of carbonyl (C=O) groups excluding carboxylic acids is 1. The van der Waals surface area contributed by atoms with Gasteiger partial charge in [-0.3, -0.25) is 4.90 Å². The molecule has 1 amide bonds. The number of anilines is 1. The number of ether oxygens (including phenoxy) is 1. The van der Waals surface area contributed by atoms with Crippen LogP contribution in [0.25, 0.3) is 12.2 Å². The van der Waals surface area contributed by atoms with Crippen LogP contribution in [0.5, 0.6) is 0 Å². The highest BCUT2D eigenvalue weighted by molar-refractivity contribution is 9.10. The lowest BCUT2D eigenvalue weighted by atomic mass is 10.1. The van der Waals surface area contributed by atoms with Gasteiger partial charge in [0.15, 0.2) is 0 Å². The van der Waals surface area contributed by atoms with Crippen molar-refractivity contribution in [1.29, 1.82) is 0 Å². The Bertz CT molecular complexity index is 734. The second-order valence-corrected chi connectivity index (χ2v) is 7.16. The molecule has 0 unspecified atom stereocenters. The second kappa shape index (κ2) is 7.62. The number of hydrogen-bond acceptors (Lipinski definition) is 3. The van der Waals surface area contributed by atoms with E-state index in [0.29, 0.717) is 0 Å². The maximum Gasteiger partial charge on any atom is 0.414 e. The van der Waals surface area contributed by atoms with Crippen molar-refractivity contribution in [3.8, 4) is 0 Å². The van der Waals surface area contributed by atoms with Crippen LogP contribution >= 0.6 is 15.9 Å². The van der Waals surface area contributed by atoms with Gasteiger partial charge < -0.3 is 4.74 Å². The molecule has 0 bridgehead atoms. The minimum atomic E-state index is -0.509. The summed E-state index contributed by atoms with van der Waals surface area (Å²) in [5, 5.41) is 0. The van der Waals surface area contributed by atoms with Gasteiger partial charge in [0, 0.05) is 12.7 Å². The summed E-state index contributed by atoms with van der Waals surface area (Å²) in [4.78, 5) is 17.9. The van der Waals surface area contributed by atoms with Crippen molar-refractivity contribution in [2.24, 2.45) is 0 Å². The second-order valence-electron chi connectivity index (χ2n) is 6.35. The Hall–Kier alpha value is -2.14. The number of carbonyl (C=O) groups is 1. The zero-order chi connectivity index (χ0) is 17.7. The normalized spacial score (nSPS) is 11.5. The molecule has 0 aliphatic rings. The van der Waals surface area contributed by atoms with E-state index in [4.69, 9.17) is 4.74 Å². The Morgan fingerprint density at radius 1 is 1.12 bits per heavy atom. The van der Waals surface area contributed by atoms with Crippen LogP contribution in [0.2, 0.25) is 0 Å². The summed E-state index contributed by atoms with van der Waals surface area (Å²) in [6, 6.07) is 13.4. The molecule has 0 N–H and O–H groups in total. The Morgan fingerprint density at radius 2 is 1.79 bits per heavy atom. The Morgan fingerprint density at radius 3 is 2.38 bits per heavy atom. The molecule has 24 heavy (non-hydrogen) atoms. The van der Waals surface area contributed by atoms with Crippen molar-refractivity contribution in [2.75, 3.05) is 11.9 Å². The Labute approximate surface area is 151 Å². The van der Waals surface area contributed by atoms with Crippen molar-refractivity contribution in [2.45, 2.75) is 26.4 Å². The third-order valence-corrected chi connectivity index (χ3v) is 3.57. The van der Waals surface area contributed by atoms with E-state index in [2.05, 4.69) is 20.9 Å². The quantitative estimate of drug-likeness (QED) is 0.662. The van der Waals surface area contributed by atoms with Gasteiger partial charge in [0.1, 0.15) is 10.2 Å². The fourth-order valence-electron chi connectivity index (χ4n) is 1.94.